The Kier molecular flexibility index (Phi) is 10.1. The number of urea groups is 1. The molecule has 0 spiro atoms. The maximum Gasteiger partial charge on any atom is 0.328 e. The lowest BCUT2D eigenvalue weighted by Crippen LogP contribution is -2.36. The summed E-state index contributed by atoms with van der Waals surface area (Å²) in [4.78, 5) is 34.7. The number of amides is 2. The maximum atomic E-state index is 13.3. The summed E-state index contributed by atoms with van der Waals surface area (Å²) in [7, 11) is 2.01. The molecule has 2 aromatic carbocycles. The van der Waals surface area contributed by atoms with Gasteiger partial charge in [-0.2, -0.15) is 0 Å². The molecule has 2 amide bonds. The number of carboxylic acid groups (broad SMARTS) is 2. The number of aromatic nitrogens is 1. The van der Waals surface area contributed by atoms with Gasteiger partial charge in [0.1, 0.15) is 18.2 Å². The molecule has 0 bridgehead atoms. The van der Waals surface area contributed by atoms with Crippen LogP contribution in [0, 0.1) is 5.82 Å². The lowest BCUT2D eigenvalue weighted by Gasteiger charge is -2.20. The Morgan fingerprint density at radius 2 is 1.82 bits per heavy atom. The number of fused-ring (bicyclic) bond motifs is 1. The van der Waals surface area contributed by atoms with Crippen LogP contribution >= 0.6 is 11.6 Å². The number of rotatable bonds is 10. The zero-order valence-electron chi connectivity index (χ0n) is 20.6. The molecule has 2 heterocycles. The highest BCUT2D eigenvalue weighted by Gasteiger charge is 2.19. The number of likely N-dealkylation sites (N-methyl/N-ethyl adjacent to an activating group) is 1. The van der Waals surface area contributed by atoms with Crippen molar-refractivity contribution < 1.29 is 33.7 Å². The highest BCUT2D eigenvalue weighted by Crippen LogP contribution is 2.32. The van der Waals surface area contributed by atoms with Gasteiger partial charge in [0.05, 0.1) is 11.7 Å². The van der Waals surface area contributed by atoms with E-state index < -0.39 is 11.9 Å². The SMILES string of the molecule is CN(CCOc1cn(-c2ccc(F)cc2)c2ccc(Cl)cc12)CCN1CCNC1=O.O=C(O)/C=C\C(=O)O. The summed E-state index contributed by atoms with van der Waals surface area (Å²) >= 11 is 6.21. The van der Waals surface area contributed by atoms with Gasteiger partial charge >= 0.3 is 18.0 Å². The average Bonchev–Trinajstić information content (AvgIpc) is 3.45. The Morgan fingerprint density at radius 1 is 1.13 bits per heavy atom. The third-order valence-corrected chi connectivity index (χ3v) is 5.87. The number of carboxylic acids is 2. The van der Waals surface area contributed by atoms with Crippen LogP contribution in [0.4, 0.5) is 9.18 Å². The lowest BCUT2D eigenvalue weighted by molar-refractivity contribution is -0.134. The maximum absolute atomic E-state index is 13.3. The third-order valence-electron chi connectivity index (χ3n) is 5.63. The zero-order chi connectivity index (χ0) is 27.7. The van der Waals surface area contributed by atoms with Crippen LogP contribution in [-0.2, 0) is 9.59 Å². The van der Waals surface area contributed by atoms with Gasteiger partial charge in [-0.25, -0.2) is 18.8 Å². The van der Waals surface area contributed by atoms with E-state index in [2.05, 4.69) is 10.2 Å². The van der Waals surface area contributed by atoms with E-state index in [1.54, 1.807) is 12.1 Å². The van der Waals surface area contributed by atoms with Crippen molar-refractivity contribution in [2.24, 2.45) is 0 Å². The van der Waals surface area contributed by atoms with Gasteiger partial charge in [-0.3, -0.25) is 0 Å². The van der Waals surface area contributed by atoms with E-state index in [0.29, 0.717) is 36.9 Å². The highest BCUT2D eigenvalue weighted by molar-refractivity contribution is 6.31. The second kappa shape index (κ2) is 13.5. The predicted octanol–water partition coefficient (Wildman–Crippen LogP) is 3.47. The molecule has 0 unspecified atom stereocenters. The third kappa shape index (κ3) is 8.22. The summed E-state index contributed by atoms with van der Waals surface area (Å²) < 4.78 is 21.4. The monoisotopic (exact) mass is 546 g/mol. The van der Waals surface area contributed by atoms with E-state index in [-0.39, 0.29) is 11.8 Å². The fourth-order valence-electron chi connectivity index (χ4n) is 3.68. The van der Waals surface area contributed by atoms with Gasteiger partial charge < -0.3 is 34.6 Å². The molecule has 1 saturated heterocycles. The molecule has 4 rings (SSSR count). The molecule has 1 fully saturated rings. The Hall–Kier alpha value is -4.09. The van der Waals surface area contributed by atoms with Crippen LogP contribution in [0.1, 0.15) is 0 Å². The lowest BCUT2D eigenvalue weighted by atomic mass is 10.2. The van der Waals surface area contributed by atoms with Crippen molar-refractivity contribution in [3.05, 3.63) is 71.7 Å². The fraction of sp³-hybridized carbons (Fsp3) is 0.269. The first-order valence-electron chi connectivity index (χ1n) is 11.7. The molecule has 202 valence electrons. The van der Waals surface area contributed by atoms with Crippen LogP contribution in [0.15, 0.2) is 60.8 Å². The smallest absolute Gasteiger partial charge is 0.328 e. The molecule has 3 N–H and O–H groups in total. The molecule has 0 radical (unpaired) electrons. The van der Waals surface area contributed by atoms with Gasteiger partial charge in [-0.15, -0.1) is 0 Å². The number of carbonyl (C=O) groups excluding carboxylic acids is 1. The van der Waals surface area contributed by atoms with E-state index in [4.69, 9.17) is 26.6 Å². The van der Waals surface area contributed by atoms with Gasteiger partial charge in [0.15, 0.2) is 0 Å². The minimum absolute atomic E-state index is 0.00475. The van der Waals surface area contributed by atoms with Crippen molar-refractivity contribution >= 4 is 40.5 Å². The van der Waals surface area contributed by atoms with Crippen LogP contribution < -0.4 is 10.1 Å². The summed E-state index contributed by atoms with van der Waals surface area (Å²) in [5.41, 5.74) is 1.79. The number of nitrogens with zero attached hydrogens (tertiary/aromatic N) is 3. The second-order valence-electron chi connectivity index (χ2n) is 8.38. The highest BCUT2D eigenvalue weighted by atomic mass is 35.5. The van der Waals surface area contributed by atoms with E-state index >= 15 is 0 Å². The molecule has 1 aliphatic rings. The van der Waals surface area contributed by atoms with Crippen LogP contribution in [0.2, 0.25) is 5.02 Å². The number of benzene rings is 2. The molecular weight excluding hydrogens is 519 g/mol. The zero-order valence-corrected chi connectivity index (χ0v) is 21.4. The summed E-state index contributed by atoms with van der Waals surface area (Å²) in [6.45, 7) is 4.16. The molecule has 10 nitrogen and oxygen atoms in total. The molecule has 12 heteroatoms. The van der Waals surface area contributed by atoms with Crippen molar-refractivity contribution in [1.29, 1.82) is 0 Å². The van der Waals surface area contributed by atoms with E-state index in [9.17, 15) is 18.8 Å². The Balaban J connectivity index is 0.000000436. The minimum Gasteiger partial charge on any atom is -0.490 e. The summed E-state index contributed by atoms with van der Waals surface area (Å²) in [6.07, 6.45) is 3.02. The molecule has 0 atom stereocenters. The summed E-state index contributed by atoms with van der Waals surface area (Å²) in [6, 6.07) is 12.0. The van der Waals surface area contributed by atoms with Crippen molar-refractivity contribution in [3.8, 4) is 11.4 Å². The molecular formula is C26H28ClFN4O6. The standard InChI is InChI=1S/C22H24ClFN4O2.C4H4O4/c1-26(10-11-27-9-8-25-22(27)29)12-13-30-21-15-28(18-5-3-17(24)4-6-18)20-7-2-16(23)14-19(20)21;5-3(6)1-2-4(7)8/h2-7,14-15H,8-13H2,1H3,(H,25,29);1-2H,(H,5,6)(H,7,8)/b;2-1-. The molecule has 38 heavy (non-hydrogen) atoms. The fourth-order valence-corrected chi connectivity index (χ4v) is 3.86. The van der Waals surface area contributed by atoms with Gasteiger partial charge in [-0.05, 0) is 49.5 Å². The first-order chi connectivity index (χ1) is 18.1. The summed E-state index contributed by atoms with van der Waals surface area (Å²) in [5.74, 6) is -2.06. The topological polar surface area (TPSA) is 124 Å². The number of hydrogen-bond donors (Lipinski definition) is 3. The van der Waals surface area contributed by atoms with E-state index in [1.807, 2.05) is 40.9 Å². The van der Waals surface area contributed by atoms with Crippen molar-refractivity contribution in [3.63, 3.8) is 0 Å². The van der Waals surface area contributed by atoms with Crippen molar-refractivity contribution in [2.45, 2.75) is 0 Å². The quantitative estimate of drug-likeness (QED) is 0.333. The van der Waals surface area contributed by atoms with Gasteiger partial charge in [0, 0.05) is 61.0 Å². The normalized spacial score (nSPS) is 13.1. The number of ether oxygens (including phenoxy) is 1. The van der Waals surface area contributed by atoms with Gasteiger partial charge in [-0.1, -0.05) is 11.6 Å². The molecule has 0 saturated carbocycles. The number of aliphatic carboxylic acids is 2. The van der Waals surface area contributed by atoms with Crippen molar-refractivity contribution in [1.82, 2.24) is 19.7 Å². The molecule has 0 aliphatic carbocycles. The number of hydrogen-bond acceptors (Lipinski definition) is 5. The first kappa shape index (κ1) is 28.5. The van der Waals surface area contributed by atoms with Crippen LogP contribution in [0.3, 0.4) is 0 Å². The second-order valence-corrected chi connectivity index (χ2v) is 8.82. The van der Waals surface area contributed by atoms with Gasteiger partial charge in [0.2, 0.25) is 0 Å². The Morgan fingerprint density at radius 3 is 2.42 bits per heavy atom. The molecule has 3 aromatic rings. The number of nitrogens with one attached hydrogen (secondary N) is 1. The van der Waals surface area contributed by atoms with E-state index in [1.165, 1.54) is 12.1 Å². The number of halogens is 2. The predicted molar refractivity (Wildman–Crippen MR) is 141 cm³/mol. The summed E-state index contributed by atoms with van der Waals surface area (Å²) in [5, 5.41) is 20.0. The molecule has 1 aliphatic heterocycles. The van der Waals surface area contributed by atoms with Gasteiger partial charge in [0.25, 0.3) is 0 Å². The Bertz CT molecular complexity index is 1300. The number of carbonyl (C=O) groups is 3. The average molecular weight is 547 g/mol. The van der Waals surface area contributed by atoms with E-state index in [0.717, 1.165) is 42.0 Å². The Labute approximate surface area is 223 Å². The van der Waals surface area contributed by atoms with Crippen LogP contribution in [-0.4, -0.2) is 88.9 Å². The largest absolute Gasteiger partial charge is 0.490 e. The van der Waals surface area contributed by atoms with Crippen LogP contribution in [0.5, 0.6) is 5.75 Å². The molecule has 1 aromatic heterocycles. The minimum atomic E-state index is -1.26. The van der Waals surface area contributed by atoms with Crippen LogP contribution in [0.25, 0.3) is 16.6 Å². The van der Waals surface area contributed by atoms with Crippen molar-refractivity contribution in [2.75, 3.05) is 46.4 Å². The first-order valence-corrected chi connectivity index (χ1v) is 12.1.